The Morgan fingerprint density at radius 3 is 2.62 bits per heavy atom. The maximum atomic E-state index is 12.2. The summed E-state index contributed by atoms with van der Waals surface area (Å²) < 4.78 is 26.9. The Labute approximate surface area is 132 Å². The van der Waals surface area contributed by atoms with Gasteiger partial charge in [0.15, 0.2) is 0 Å². The molecule has 118 valence electrons. The molecule has 0 unspecified atom stereocenters. The third-order valence-corrected chi connectivity index (χ3v) is 5.32. The van der Waals surface area contributed by atoms with Crippen LogP contribution in [-0.4, -0.2) is 21.0 Å². The Morgan fingerprint density at radius 1 is 1.33 bits per heavy atom. The lowest BCUT2D eigenvalue weighted by molar-refractivity contribution is 0.551. The molecule has 0 bridgehead atoms. The summed E-state index contributed by atoms with van der Waals surface area (Å²) in [6.07, 6.45) is 3.24. The Balaban J connectivity index is 1.99. The van der Waals surface area contributed by atoms with Crippen molar-refractivity contribution in [2.75, 3.05) is 6.54 Å². The summed E-state index contributed by atoms with van der Waals surface area (Å²) in [4.78, 5) is 0.228. The minimum absolute atomic E-state index is 0.228. The van der Waals surface area contributed by atoms with Gasteiger partial charge in [-0.25, -0.2) is 13.1 Å². The molecule has 0 aromatic heterocycles. The summed E-state index contributed by atoms with van der Waals surface area (Å²) in [5, 5.41) is 3.86. The SMILES string of the molecule is CC(C)CCNS(=O)(=O)c1ccc(CNC2CC2)c(Cl)c1. The average Bonchev–Trinajstić information content (AvgIpc) is 3.20. The van der Waals surface area contributed by atoms with Crippen LogP contribution in [0.4, 0.5) is 0 Å². The van der Waals surface area contributed by atoms with E-state index in [-0.39, 0.29) is 4.90 Å². The molecule has 0 aliphatic heterocycles. The van der Waals surface area contributed by atoms with Crippen molar-refractivity contribution in [3.8, 4) is 0 Å². The largest absolute Gasteiger partial charge is 0.310 e. The molecular weight excluding hydrogens is 308 g/mol. The van der Waals surface area contributed by atoms with Crippen LogP contribution in [0.15, 0.2) is 23.1 Å². The zero-order chi connectivity index (χ0) is 15.5. The lowest BCUT2D eigenvalue weighted by Crippen LogP contribution is -2.25. The first kappa shape index (κ1) is 16.7. The molecule has 0 amide bonds. The summed E-state index contributed by atoms with van der Waals surface area (Å²) in [6.45, 7) is 5.26. The smallest absolute Gasteiger partial charge is 0.240 e. The highest BCUT2D eigenvalue weighted by molar-refractivity contribution is 7.89. The van der Waals surface area contributed by atoms with Crippen LogP contribution in [0.3, 0.4) is 0 Å². The van der Waals surface area contributed by atoms with Gasteiger partial charge in [0.05, 0.1) is 4.90 Å². The first-order valence-corrected chi connectivity index (χ1v) is 9.26. The van der Waals surface area contributed by atoms with Crippen molar-refractivity contribution in [3.05, 3.63) is 28.8 Å². The van der Waals surface area contributed by atoms with Gasteiger partial charge in [-0.1, -0.05) is 31.5 Å². The highest BCUT2D eigenvalue weighted by Crippen LogP contribution is 2.23. The zero-order valence-corrected chi connectivity index (χ0v) is 14.1. The summed E-state index contributed by atoms with van der Waals surface area (Å²) in [5.74, 6) is 0.465. The Hall–Kier alpha value is -0.620. The molecule has 1 aliphatic carbocycles. The second-order valence-electron chi connectivity index (χ2n) is 5.99. The van der Waals surface area contributed by atoms with Crippen LogP contribution in [0.25, 0.3) is 0 Å². The standard InChI is InChI=1S/C15H23ClN2O2S/c1-11(2)7-8-18-21(19,20)14-6-3-12(15(16)9-14)10-17-13-4-5-13/h3,6,9,11,13,17-18H,4-5,7-8,10H2,1-2H3. The van der Waals surface area contributed by atoms with Gasteiger partial charge in [0.2, 0.25) is 10.0 Å². The van der Waals surface area contributed by atoms with Gasteiger partial charge in [0.25, 0.3) is 0 Å². The molecule has 6 heteroatoms. The monoisotopic (exact) mass is 330 g/mol. The van der Waals surface area contributed by atoms with E-state index in [1.165, 1.54) is 18.9 Å². The molecule has 4 nitrogen and oxygen atoms in total. The number of benzene rings is 1. The normalized spacial score (nSPS) is 15.6. The van der Waals surface area contributed by atoms with Crippen LogP contribution >= 0.6 is 11.6 Å². The van der Waals surface area contributed by atoms with Crippen LogP contribution in [0.1, 0.15) is 38.7 Å². The van der Waals surface area contributed by atoms with Gasteiger partial charge >= 0.3 is 0 Å². The van der Waals surface area contributed by atoms with Crippen LogP contribution in [0.2, 0.25) is 5.02 Å². The molecule has 2 N–H and O–H groups in total. The van der Waals surface area contributed by atoms with E-state index in [9.17, 15) is 8.42 Å². The van der Waals surface area contributed by atoms with Gasteiger partial charge in [-0.05, 0) is 42.9 Å². The zero-order valence-electron chi connectivity index (χ0n) is 12.5. The molecule has 1 aliphatic rings. The van der Waals surface area contributed by atoms with Gasteiger partial charge in [0.1, 0.15) is 0 Å². The number of rotatable bonds is 8. The Morgan fingerprint density at radius 2 is 2.05 bits per heavy atom. The Bertz CT molecular complexity index is 583. The lowest BCUT2D eigenvalue weighted by atomic mass is 10.1. The minimum atomic E-state index is -3.47. The van der Waals surface area contributed by atoms with E-state index in [1.807, 2.05) is 0 Å². The summed E-state index contributed by atoms with van der Waals surface area (Å²) in [5.41, 5.74) is 0.935. The fraction of sp³-hybridized carbons (Fsp3) is 0.600. The third-order valence-electron chi connectivity index (χ3n) is 3.51. The molecule has 0 saturated heterocycles. The molecule has 0 radical (unpaired) electrons. The number of hydrogen-bond acceptors (Lipinski definition) is 3. The molecular formula is C15H23ClN2O2S. The van der Waals surface area contributed by atoms with E-state index in [0.29, 0.717) is 30.1 Å². The lowest BCUT2D eigenvalue weighted by Gasteiger charge is -2.11. The first-order valence-electron chi connectivity index (χ1n) is 7.40. The second-order valence-corrected chi connectivity index (χ2v) is 8.16. The van der Waals surface area contributed by atoms with Crippen LogP contribution in [0.5, 0.6) is 0 Å². The van der Waals surface area contributed by atoms with Crippen molar-refractivity contribution in [2.24, 2.45) is 5.92 Å². The van der Waals surface area contributed by atoms with Crippen molar-refractivity contribution in [1.29, 1.82) is 0 Å². The van der Waals surface area contributed by atoms with Crippen LogP contribution < -0.4 is 10.0 Å². The maximum absolute atomic E-state index is 12.2. The first-order chi connectivity index (χ1) is 9.88. The molecule has 1 saturated carbocycles. The van der Waals surface area contributed by atoms with Gasteiger partial charge in [-0.2, -0.15) is 0 Å². The quantitative estimate of drug-likeness (QED) is 0.770. The number of nitrogens with one attached hydrogen (secondary N) is 2. The number of sulfonamides is 1. The molecule has 0 atom stereocenters. The summed E-state index contributed by atoms with van der Waals surface area (Å²) in [6, 6.07) is 5.54. The van der Waals surface area contributed by atoms with E-state index in [4.69, 9.17) is 11.6 Å². The van der Waals surface area contributed by atoms with Crippen molar-refractivity contribution >= 4 is 21.6 Å². The van der Waals surface area contributed by atoms with Gasteiger partial charge in [0, 0.05) is 24.2 Å². The topological polar surface area (TPSA) is 58.2 Å². The highest BCUT2D eigenvalue weighted by atomic mass is 35.5. The van der Waals surface area contributed by atoms with Gasteiger partial charge in [-0.3, -0.25) is 0 Å². The van der Waals surface area contributed by atoms with E-state index >= 15 is 0 Å². The minimum Gasteiger partial charge on any atom is -0.310 e. The van der Waals surface area contributed by atoms with E-state index in [1.54, 1.807) is 12.1 Å². The summed E-state index contributed by atoms with van der Waals surface area (Å²) in [7, 11) is -3.47. The second kappa shape index (κ2) is 7.09. The predicted octanol–water partition coefficient (Wildman–Crippen LogP) is 2.92. The van der Waals surface area contributed by atoms with Crippen molar-refractivity contribution < 1.29 is 8.42 Å². The molecule has 1 fully saturated rings. The molecule has 0 spiro atoms. The van der Waals surface area contributed by atoms with Crippen molar-refractivity contribution in [2.45, 2.75) is 50.6 Å². The average molecular weight is 331 g/mol. The Kier molecular flexibility index (Phi) is 5.66. The van der Waals surface area contributed by atoms with Crippen molar-refractivity contribution in [3.63, 3.8) is 0 Å². The van der Waals surface area contributed by atoms with Gasteiger partial charge < -0.3 is 5.32 Å². The van der Waals surface area contributed by atoms with Gasteiger partial charge in [-0.15, -0.1) is 0 Å². The predicted molar refractivity (Wildman–Crippen MR) is 86.0 cm³/mol. The highest BCUT2D eigenvalue weighted by Gasteiger charge is 2.21. The fourth-order valence-electron chi connectivity index (χ4n) is 1.95. The van der Waals surface area contributed by atoms with E-state index in [2.05, 4.69) is 23.9 Å². The molecule has 21 heavy (non-hydrogen) atoms. The molecule has 2 rings (SSSR count). The number of hydrogen-bond donors (Lipinski definition) is 2. The third kappa shape index (κ3) is 5.25. The van der Waals surface area contributed by atoms with E-state index in [0.717, 1.165) is 12.0 Å². The van der Waals surface area contributed by atoms with Crippen LogP contribution in [0, 0.1) is 5.92 Å². The summed E-state index contributed by atoms with van der Waals surface area (Å²) >= 11 is 6.19. The number of halogens is 1. The van der Waals surface area contributed by atoms with E-state index < -0.39 is 10.0 Å². The van der Waals surface area contributed by atoms with Crippen molar-refractivity contribution in [1.82, 2.24) is 10.0 Å². The maximum Gasteiger partial charge on any atom is 0.240 e. The fourth-order valence-corrected chi connectivity index (χ4v) is 3.33. The van der Waals surface area contributed by atoms with Crippen LogP contribution in [-0.2, 0) is 16.6 Å². The molecule has 1 aromatic carbocycles. The molecule has 1 aromatic rings. The molecule has 0 heterocycles.